The number of β-lactam (4-membered cyclic amide) rings is 1. The number of hydrogen-bond donors (Lipinski definition) is 0. The molecule has 7 nitrogen and oxygen atoms in total. The van der Waals surface area contributed by atoms with Gasteiger partial charge in [-0.2, -0.15) is 0 Å². The van der Waals surface area contributed by atoms with Crippen molar-refractivity contribution >= 4 is 5.91 Å². The minimum atomic E-state index is -0.997. The summed E-state index contributed by atoms with van der Waals surface area (Å²) < 4.78 is 21.7. The molecule has 1 amide bonds. The molecule has 0 spiro atoms. The molecule has 0 saturated carbocycles. The van der Waals surface area contributed by atoms with E-state index in [1.807, 2.05) is 13.0 Å². The van der Waals surface area contributed by atoms with Crippen molar-refractivity contribution in [2.24, 2.45) is 5.92 Å². The Bertz CT molecular complexity index is 622. The van der Waals surface area contributed by atoms with E-state index in [1.54, 1.807) is 32.4 Å². The number of carbonyl (C=O) groups excluding carboxylic acids is 1. The molecule has 1 aliphatic heterocycles. The summed E-state index contributed by atoms with van der Waals surface area (Å²) in [5.41, 5.74) is 0.708. The number of ether oxygens (including phenoxy) is 4. The number of likely N-dealkylation sites (tertiary alicyclic amines) is 1. The normalized spacial score (nSPS) is 22.7. The van der Waals surface area contributed by atoms with E-state index in [0.717, 1.165) is 23.4 Å². The maximum Gasteiger partial charge on any atom is 0.259 e. The molecule has 2 rings (SSSR count). The maximum absolute atomic E-state index is 13.0. The molecule has 0 N–H and O–H groups in total. The molecule has 1 aromatic heterocycles. The number of nitrogens with zero attached hydrogens (tertiary/aromatic N) is 2. The van der Waals surface area contributed by atoms with Gasteiger partial charge >= 0.3 is 0 Å². The van der Waals surface area contributed by atoms with Gasteiger partial charge in [-0.3, -0.25) is 9.78 Å². The highest BCUT2D eigenvalue weighted by Gasteiger charge is 2.62. The van der Waals surface area contributed by atoms with Crippen LogP contribution in [0.2, 0.25) is 0 Å². The van der Waals surface area contributed by atoms with Crippen LogP contribution in [0.1, 0.15) is 31.5 Å². The molecule has 1 saturated heterocycles. The Kier molecular flexibility index (Phi) is 6.97. The molecule has 146 valence electrons. The van der Waals surface area contributed by atoms with Crippen LogP contribution in [-0.2, 0) is 25.4 Å². The molecule has 0 aromatic carbocycles. The fraction of sp³-hybridized carbons (Fsp3) is 0.684. The number of hydrogen-bond acceptors (Lipinski definition) is 6. The van der Waals surface area contributed by atoms with Gasteiger partial charge in [0.1, 0.15) is 19.3 Å². The summed E-state index contributed by atoms with van der Waals surface area (Å²) in [6, 6.07) is 1.71. The Labute approximate surface area is 155 Å². The number of pyridine rings is 1. The molecule has 1 aliphatic rings. The minimum absolute atomic E-state index is 0.0458. The van der Waals surface area contributed by atoms with Gasteiger partial charge in [0.15, 0.2) is 5.60 Å². The lowest BCUT2D eigenvalue weighted by Gasteiger charge is -2.55. The zero-order valence-corrected chi connectivity index (χ0v) is 16.6. The zero-order valence-electron chi connectivity index (χ0n) is 16.6. The molecular weight excluding hydrogens is 336 g/mol. The average Bonchev–Trinajstić information content (AvgIpc) is 2.62. The van der Waals surface area contributed by atoms with Gasteiger partial charge in [0.2, 0.25) is 0 Å². The quantitative estimate of drug-likeness (QED) is 0.467. The van der Waals surface area contributed by atoms with Crippen LogP contribution < -0.4 is 4.74 Å². The van der Waals surface area contributed by atoms with Crippen LogP contribution in [0.25, 0.3) is 0 Å². The van der Waals surface area contributed by atoms with Crippen molar-refractivity contribution < 1.29 is 23.7 Å². The first-order valence-corrected chi connectivity index (χ1v) is 8.82. The first-order valence-electron chi connectivity index (χ1n) is 8.82. The largest absolute Gasteiger partial charge is 0.496 e. The Hall–Kier alpha value is -1.70. The van der Waals surface area contributed by atoms with Gasteiger partial charge in [0, 0.05) is 32.4 Å². The lowest BCUT2D eigenvalue weighted by atomic mass is 9.74. The van der Waals surface area contributed by atoms with Crippen LogP contribution in [0.5, 0.6) is 5.75 Å². The van der Waals surface area contributed by atoms with Crippen LogP contribution in [0.4, 0.5) is 0 Å². The molecular formula is C19H30N2O5. The Morgan fingerprint density at radius 2 is 2.00 bits per heavy atom. The molecule has 0 aliphatic carbocycles. The number of rotatable bonds is 10. The van der Waals surface area contributed by atoms with Gasteiger partial charge in [-0.1, -0.05) is 13.8 Å². The lowest BCUT2D eigenvalue weighted by Crippen LogP contribution is -2.76. The molecule has 26 heavy (non-hydrogen) atoms. The second-order valence-electron chi connectivity index (χ2n) is 7.04. The number of aromatic nitrogens is 1. The first-order chi connectivity index (χ1) is 12.4. The van der Waals surface area contributed by atoms with E-state index in [9.17, 15) is 4.79 Å². The van der Waals surface area contributed by atoms with E-state index in [-0.39, 0.29) is 25.5 Å². The van der Waals surface area contributed by atoms with Crippen molar-refractivity contribution in [1.82, 2.24) is 9.88 Å². The molecule has 1 aromatic rings. The van der Waals surface area contributed by atoms with E-state index >= 15 is 0 Å². The minimum Gasteiger partial charge on any atom is -0.496 e. The number of amides is 1. The second kappa shape index (κ2) is 8.79. The highest BCUT2D eigenvalue weighted by molar-refractivity contribution is 5.93. The van der Waals surface area contributed by atoms with E-state index in [1.165, 1.54) is 0 Å². The fourth-order valence-electron chi connectivity index (χ4n) is 3.54. The Balaban J connectivity index is 2.39. The van der Waals surface area contributed by atoms with E-state index < -0.39 is 5.60 Å². The van der Waals surface area contributed by atoms with Crippen molar-refractivity contribution in [1.29, 1.82) is 0 Å². The summed E-state index contributed by atoms with van der Waals surface area (Å²) in [7, 11) is 4.76. The summed E-state index contributed by atoms with van der Waals surface area (Å²) in [5.74, 6) is 1.06. The molecule has 2 atom stereocenters. The standard InChI is InChI=1S/C19H30N2O5/c1-13(2)9-17-19(26-12-24-5,18(22)21(17)11-23-4)10-15-14(3)16(25-6)7-8-20-15/h7-8,13,17H,9-12H2,1-6H3/t17-,19+/m0/s1. The van der Waals surface area contributed by atoms with Gasteiger partial charge in [0.25, 0.3) is 5.91 Å². The third kappa shape index (κ3) is 3.84. The van der Waals surface area contributed by atoms with Gasteiger partial charge < -0.3 is 23.8 Å². The third-order valence-corrected chi connectivity index (χ3v) is 4.84. The van der Waals surface area contributed by atoms with Crippen molar-refractivity contribution in [2.75, 3.05) is 34.9 Å². The molecule has 0 bridgehead atoms. The van der Waals surface area contributed by atoms with Gasteiger partial charge in [-0.25, -0.2) is 0 Å². The van der Waals surface area contributed by atoms with E-state index in [0.29, 0.717) is 12.3 Å². The van der Waals surface area contributed by atoms with Crippen LogP contribution in [-0.4, -0.2) is 62.3 Å². The number of methoxy groups -OCH3 is 3. The van der Waals surface area contributed by atoms with Crippen molar-refractivity contribution in [3.05, 3.63) is 23.5 Å². The van der Waals surface area contributed by atoms with Crippen molar-refractivity contribution in [3.63, 3.8) is 0 Å². The molecule has 0 unspecified atom stereocenters. The van der Waals surface area contributed by atoms with E-state index in [2.05, 4.69) is 18.8 Å². The first kappa shape index (κ1) is 20.6. The van der Waals surface area contributed by atoms with Gasteiger partial charge in [0.05, 0.1) is 18.8 Å². The zero-order chi connectivity index (χ0) is 19.3. The topological polar surface area (TPSA) is 70.1 Å². The van der Waals surface area contributed by atoms with Gasteiger partial charge in [-0.05, 0) is 25.3 Å². The molecule has 2 heterocycles. The van der Waals surface area contributed by atoms with Crippen LogP contribution in [0, 0.1) is 12.8 Å². The van der Waals surface area contributed by atoms with Crippen LogP contribution >= 0.6 is 0 Å². The fourth-order valence-corrected chi connectivity index (χ4v) is 3.54. The second-order valence-corrected chi connectivity index (χ2v) is 7.04. The summed E-state index contributed by atoms with van der Waals surface area (Å²) in [5, 5.41) is 0. The Morgan fingerprint density at radius 3 is 2.58 bits per heavy atom. The highest BCUT2D eigenvalue weighted by atomic mass is 16.7. The molecule has 7 heteroatoms. The summed E-state index contributed by atoms with van der Waals surface area (Å²) in [6.45, 7) is 6.50. The van der Waals surface area contributed by atoms with E-state index in [4.69, 9.17) is 18.9 Å². The van der Waals surface area contributed by atoms with Crippen molar-refractivity contribution in [3.8, 4) is 5.75 Å². The summed E-state index contributed by atoms with van der Waals surface area (Å²) in [6.07, 6.45) is 2.87. The summed E-state index contributed by atoms with van der Waals surface area (Å²) >= 11 is 0. The lowest BCUT2D eigenvalue weighted by molar-refractivity contribution is -0.235. The third-order valence-electron chi connectivity index (χ3n) is 4.84. The predicted octanol–water partition coefficient (Wildman–Crippen LogP) is 2.16. The molecule has 0 radical (unpaired) electrons. The monoisotopic (exact) mass is 366 g/mol. The van der Waals surface area contributed by atoms with Crippen LogP contribution in [0.3, 0.4) is 0 Å². The average molecular weight is 366 g/mol. The molecule has 1 fully saturated rings. The smallest absolute Gasteiger partial charge is 0.259 e. The maximum atomic E-state index is 13.0. The number of carbonyl (C=O) groups is 1. The summed E-state index contributed by atoms with van der Waals surface area (Å²) in [4.78, 5) is 19.3. The predicted molar refractivity (Wildman–Crippen MR) is 96.9 cm³/mol. The van der Waals surface area contributed by atoms with Gasteiger partial charge in [-0.15, -0.1) is 0 Å². The highest BCUT2D eigenvalue weighted by Crippen LogP contribution is 2.41. The van der Waals surface area contributed by atoms with Crippen molar-refractivity contribution in [2.45, 2.75) is 45.3 Å². The van der Waals surface area contributed by atoms with Crippen LogP contribution in [0.15, 0.2) is 12.3 Å². The SMILES string of the molecule is COCO[C@@]1(Cc2nccc(OC)c2C)C(=O)N(COC)[C@H]1CC(C)C. The Morgan fingerprint density at radius 1 is 1.27 bits per heavy atom.